The molecule has 0 bridgehead atoms. The van der Waals surface area contributed by atoms with Crippen molar-refractivity contribution >= 4 is 39.1 Å². The van der Waals surface area contributed by atoms with Crippen molar-refractivity contribution in [3.05, 3.63) is 45.4 Å². The van der Waals surface area contributed by atoms with Crippen LogP contribution in [0.4, 0.5) is 10.1 Å². The molecule has 1 aromatic heterocycles. The van der Waals surface area contributed by atoms with Crippen LogP contribution in [0.3, 0.4) is 0 Å². The van der Waals surface area contributed by atoms with E-state index in [0.29, 0.717) is 5.69 Å². The van der Waals surface area contributed by atoms with Gasteiger partial charge in [0.2, 0.25) is 0 Å². The second kappa shape index (κ2) is 5.07. The number of nitrogens with zero attached hydrogens (tertiary/aromatic N) is 2. The summed E-state index contributed by atoms with van der Waals surface area (Å²) in [7, 11) is 1.64. The number of amides is 1. The molecule has 0 unspecified atom stereocenters. The zero-order chi connectivity index (χ0) is 13.3. The lowest BCUT2D eigenvalue weighted by atomic mass is 10.3. The Bertz CT molecular complexity index is 614. The summed E-state index contributed by atoms with van der Waals surface area (Å²) in [6.45, 7) is 0. The van der Waals surface area contributed by atoms with Crippen LogP contribution in [0.25, 0.3) is 0 Å². The van der Waals surface area contributed by atoms with Crippen molar-refractivity contribution in [2.75, 3.05) is 5.32 Å². The smallest absolute Gasteiger partial charge is 0.273 e. The number of aromatic nitrogens is 2. The fourth-order valence-corrected chi connectivity index (χ4v) is 2.09. The molecule has 0 spiro atoms. The maximum Gasteiger partial charge on any atom is 0.273 e. The van der Waals surface area contributed by atoms with E-state index in [2.05, 4.69) is 26.3 Å². The van der Waals surface area contributed by atoms with Crippen molar-refractivity contribution in [3.63, 3.8) is 0 Å². The Morgan fingerprint density at radius 1 is 1.56 bits per heavy atom. The number of hydrogen-bond donors (Lipinski definition) is 1. The number of benzene rings is 1. The maximum atomic E-state index is 13.4. The molecule has 0 aliphatic carbocycles. The predicted octanol–water partition coefficient (Wildman–Crippen LogP) is 3.23. The van der Waals surface area contributed by atoms with Gasteiger partial charge in [0.05, 0.1) is 15.2 Å². The molecular weight excluding hydrogens is 324 g/mol. The highest BCUT2D eigenvalue weighted by Crippen LogP contribution is 2.28. The monoisotopic (exact) mass is 331 g/mol. The van der Waals surface area contributed by atoms with Gasteiger partial charge in [0.25, 0.3) is 5.91 Å². The maximum absolute atomic E-state index is 13.4. The second-order valence-corrected chi connectivity index (χ2v) is 4.80. The topological polar surface area (TPSA) is 46.9 Å². The van der Waals surface area contributed by atoms with Crippen LogP contribution in [0.1, 0.15) is 10.5 Å². The lowest BCUT2D eigenvalue weighted by Crippen LogP contribution is -2.16. The molecule has 18 heavy (non-hydrogen) atoms. The molecule has 1 heterocycles. The lowest BCUT2D eigenvalue weighted by Gasteiger charge is -2.08. The van der Waals surface area contributed by atoms with Gasteiger partial charge in [-0.3, -0.25) is 9.48 Å². The third-order valence-electron chi connectivity index (χ3n) is 2.31. The number of halogens is 3. The van der Waals surface area contributed by atoms with Gasteiger partial charge < -0.3 is 5.32 Å². The SMILES string of the molecule is Cn1nccc1C(=O)Nc1cc(F)c(Br)cc1Cl. The van der Waals surface area contributed by atoms with Gasteiger partial charge in [-0.15, -0.1) is 0 Å². The highest BCUT2D eigenvalue weighted by atomic mass is 79.9. The molecular formula is C11H8BrClFN3O. The van der Waals surface area contributed by atoms with E-state index in [1.807, 2.05) is 0 Å². The van der Waals surface area contributed by atoms with Crippen LogP contribution in [0.15, 0.2) is 28.9 Å². The van der Waals surface area contributed by atoms with Gasteiger partial charge in [0.1, 0.15) is 11.5 Å². The molecule has 4 nitrogen and oxygen atoms in total. The number of aryl methyl sites for hydroxylation is 1. The van der Waals surface area contributed by atoms with Crippen molar-refractivity contribution in [2.45, 2.75) is 0 Å². The Balaban J connectivity index is 2.28. The lowest BCUT2D eigenvalue weighted by molar-refractivity contribution is 0.101. The molecule has 0 atom stereocenters. The Hall–Kier alpha value is -1.40. The van der Waals surface area contributed by atoms with Gasteiger partial charge in [-0.05, 0) is 28.1 Å². The van der Waals surface area contributed by atoms with E-state index in [9.17, 15) is 9.18 Å². The van der Waals surface area contributed by atoms with E-state index in [-0.39, 0.29) is 15.2 Å². The first kappa shape index (κ1) is 13.0. The van der Waals surface area contributed by atoms with Gasteiger partial charge in [-0.1, -0.05) is 11.6 Å². The van der Waals surface area contributed by atoms with Crippen LogP contribution in [0.2, 0.25) is 5.02 Å². The minimum atomic E-state index is -0.500. The molecule has 1 aromatic carbocycles. The molecule has 0 saturated heterocycles. The fraction of sp³-hybridized carbons (Fsp3) is 0.0909. The zero-order valence-electron chi connectivity index (χ0n) is 9.25. The first-order chi connectivity index (χ1) is 8.49. The number of carbonyl (C=O) groups excluding carboxylic acids is 1. The van der Waals surface area contributed by atoms with E-state index in [1.54, 1.807) is 13.1 Å². The average molecular weight is 333 g/mol. The van der Waals surface area contributed by atoms with Crippen LogP contribution < -0.4 is 5.32 Å². The van der Waals surface area contributed by atoms with Crippen molar-refractivity contribution in [1.29, 1.82) is 0 Å². The molecule has 0 saturated carbocycles. The number of nitrogens with one attached hydrogen (secondary N) is 1. The Morgan fingerprint density at radius 2 is 2.28 bits per heavy atom. The van der Waals surface area contributed by atoms with Crippen LogP contribution in [0, 0.1) is 5.82 Å². The van der Waals surface area contributed by atoms with Crippen LogP contribution in [-0.4, -0.2) is 15.7 Å². The summed E-state index contributed by atoms with van der Waals surface area (Å²) < 4.78 is 15.0. The Morgan fingerprint density at radius 3 is 2.89 bits per heavy atom. The first-order valence-corrected chi connectivity index (χ1v) is 6.10. The minimum absolute atomic E-state index is 0.212. The summed E-state index contributed by atoms with van der Waals surface area (Å²) in [5, 5.41) is 6.65. The second-order valence-electron chi connectivity index (χ2n) is 3.54. The third kappa shape index (κ3) is 2.54. The largest absolute Gasteiger partial charge is 0.319 e. The predicted molar refractivity (Wildman–Crippen MR) is 70.3 cm³/mol. The number of carbonyl (C=O) groups is 1. The number of anilines is 1. The van der Waals surface area contributed by atoms with E-state index < -0.39 is 11.7 Å². The average Bonchev–Trinajstić information content (AvgIpc) is 2.72. The van der Waals surface area contributed by atoms with Crippen molar-refractivity contribution in [3.8, 4) is 0 Å². The molecule has 94 valence electrons. The first-order valence-electron chi connectivity index (χ1n) is 4.93. The summed E-state index contributed by atoms with van der Waals surface area (Å²) in [6, 6.07) is 4.09. The highest BCUT2D eigenvalue weighted by molar-refractivity contribution is 9.10. The minimum Gasteiger partial charge on any atom is -0.319 e. The summed E-state index contributed by atoms with van der Waals surface area (Å²) in [4.78, 5) is 11.9. The Kier molecular flexibility index (Phi) is 3.68. The summed E-state index contributed by atoms with van der Waals surface area (Å²) in [6.07, 6.45) is 1.50. The van der Waals surface area contributed by atoms with Gasteiger partial charge in [-0.2, -0.15) is 5.10 Å². The Labute approximate surface area is 116 Å². The fourth-order valence-electron chi connectivity index (χ4n) is 1.40. The number of rotatable bonds is 2. The molecule has 1 amide bonds. The third-order valence-corrected chi connectivity index (χ3v) is 3.23. The van der Waals surface area contributed by atoms with Gasteiger partial charge in [0.15, 0.2) is 0 Å². The summed E-state index contributed by atoms with van der Waals surface area (Å²) in [5.74, 6) is -0.904. The van der Waals surface area contributed by atoms with Crippen molar-refractivity contribution in [1.82, 2.24) is 9.78 Å². The zero-order valence-corrected chi connectivity index (χ0v) is 11.6. The standard InChI is InChI=1S/C11H8BrClFN3O/c1-17-10(2-3-15-17)11(18)16-9-5-8(14)6(12)4-7(9)13/h2-5H,1H3,(H,16,18). The highest BCUT2D eigenvalue weighted by Gasteiger charge is 2.13. The number of hydrogen-bond acceptors (Lipinski definition) is 2. The summed E-state index contributed by atoms with van der Waals surface area (Å²) in [5.41, 5.74) is 0.568. The van der Waals surface area contributed by atoms with Gasteiger partial charge >= 0.3 is 0 Å². The van der Waals surface area contributed by atoms with Gasteiger partial charge in [-0.25, -0.2) is 4.39 Å². The molecule has 7 heteroatoms. The molecule has 0 aliphatic heterocycles. The summed E-state index contributed by atoms with van der Waals surface area (Å²) >= 11 is 8.92. The van der Waals surface area contributed by atoms with Crippen LogP contribution >= 0.6 is 27.5 Å². The quantitative estimate of drug-likeness (QED) is 0.858. The molecule has 0 fully saturated rings. The van der Waals surface area contributed by atoms with E-state index in [4.69, 9.17) is 11.6 Å². The van der Waals surface area contributed by atoms with Crippen molar-refractivity contribution in [2.24, 2.45) is 7.05 Å². The van der Waals surface area contributed by atoms with E-state index >= 15 is 0 Å². The molecule has 0 aliphatic rings. The van der Waals surface area contributed by atoms with E-state index in [0.717, 1.165) is 6.07 Å². The van der Waals surface area contributed by atoms with Crippen molar-refractivity contribution < 1.29 is 9.18 Å². The molecule has 2 rings (SSSR count). The van der Waals surface area contributed by atoms with Gasteiger partial charge in [0, 0.05) is 19.3 Å². The molecule has 0 radical (unpaired) electrons. The normalized spacial score (nSPS) is 10.4. The molecule has 1 N–H and O–H groups in total. The van der Waals surface area contributed by atoms with E-state index in [1.165, 1.54) is 16.9 Å². The molecule has 2 aromatic rings. The van der Waals surface area contributed by atoms with Crippen LogP contribution in [-0.2, 0) is 7.05 Å². The van der Waals surface area contributed by atoms with Crippen LogP contribution in [0.5, 0.6) is 0 Å².